The van der Waals surface area contributed by atoms with Gasteiger partial charge in [0, 0.05) is 11.6 Å². The molecule has 0 atom stereocenters. The summed E-state index contributed by atoms with van der Waals surface area (Å²) < 4.78 is 0. The van der Waals surface area contributed by atoms with Gasteiger partial charge in [0.15, 0.2) is 0 Å². The molecule has 0 bridgehead atoms. The maximum atomic E-state index is 4.42. The molecule has 1 heteroatoms. The Kier molecular flexibility index (Phi) is 1.36. The van der Waals surface area contributed by atoms with Crippen molar-refractivity contribution in [3.63, 3.8) is 0 Å². The van der Waals surface area contributed by atoms with Crippen molar-refractivity contribution >= 4 is 32.4 Å². The maximum Gasteiger partial charge on any atom is 0.0714 e. The molecule has 0 saturated heterocycles. The number of rotatable bonds is 0. The van der Waals surface area contributed by atoms with Crippen LogP contribution in [-0.2, 0) is 0 Å². The van der Waals surface area contributed by atoms with Crippen LogP contribution >= 0.6 is 0 Å². The van der Waals surface area contributed by atoms with E-state index in [-0.39, 0.29) is 0 Å². The molecule has 4 rings (SSSR count). The maximum absolute atomic E-state index is 4.42. The van der Waals surface area contributed by atoms with Crippen molar-refractivity contribution < 1.29 is 0 Å². The van der Waals surface area contributed by atoms with Crippen LogP contribution in [0.15, 0.2) is 48.7 Å². The first kappa shape index (κ1) is 8.05. The zero-order valence-electron chi connectivity index (χ0n) is 8.57. The Morgan fingerprint density at radius 3 is 2.69 bits per heavy atom. The Bertz CT molecular complexity index is 672. The summed E-state index contributed by atoms with van der Waals surface area (Å²) in [5, 5.41) is 6.23. The molecule has 1 aromatic heterocycles. The van der Waals surface area contributed by atoms with Crippen LogP contribution in [0.1, 0.15) is 0 Å². The van der Waals surface area contributed by atoms with Crippen molar-refractivity contribution in [3.8, 4) is 0 Å². The molecule has 73 valence electrons. The fourth-order valence-corrected chi connectivity index (χ4v) is 2.45. The molecule has 0 saturated carbocycles. The van der Waals surface area contributed by atoms with Crippen LogP contribution in [0.4, 0.5) is 0 Å². The van der Waals surface area contributed by atoms with Gasteiger partial charge in [-0.1, -0.05) is 30.3 Å². The predicted octanol–water partition coefficient (Wildman–Crippen LogP) is 3.78. The van der Waals surface area contributed by atoms with E-state index in [1.54, 1.807) is 0 Å². The van der Waals surface area contributed by atoms with E-state index in [0.29, 0.717) is 0 Å². The van der Waals surface area contributed by atoms with E-state index in [0.717, 1.165) is 5.52 Å². The molecule has 0 spiro atoms. The van der Waals surface area contributed by atoms with Gasteiger partial charge < -0.3 is 0 Å². The van der Waals surface area contributed by atoms with Crippen LogP contribution in [0.5, 0.6) is 0 Å². The van der Waals surface area contributed by atoms with Crippen LogP contribution in [-0.4, -0.2) is 4.98 Å². The average molecular weight is 202 g/mol. The van der Waals surface area contributed by atoms with Gasteiger partial charge in [-0.3, -0.25) is 4.98 Å². The second-order valence-corrected chi connectivity index (χ2v) is 4.05. The lowest BCUT2D eigenvalue weighted by atomic mass is 9.97. The minimum atomic E-state index is 1.07. The topological polar surface area (TPSA) is 12.9 Å². The summed E-state index contributed by atoms with van der Waals surface area (Å²) in [6.45, 7) is 0. The molecule has 1 heterocycles. The fraction of sp³-hybridized carbons (Fsp3) is 0. The number of hydrogen-bond donors (Lipinski definition) is 0. The molecule has 0 N–H and O–H groups in total. The largest absolute Gasteiger partial charge is 0.256 e. The zero-order chi connectivity index (χ0) is 10.5. The fourth-order valence-electron chi connectivity index (χ4n) is 2.45. The predicted molar refractivity (Wildman–Crippen MR) is 66.8 cm³/mol. The summed E-state index contributed by atoms with van der Waals surface area (Å²) >= 11 is 0. The highest BCUT2D eigenvalue weighted by molar-refractivity contribution is 6.21. The van der Waals surface area contributed by atoms with E-state index in [4.69, 9.17) is 0 Å². The number of hydrogen-bond acceptors (Lipinski definition) is 1. The molecule has 16 heavy (non-hydrogen) atoms. The third kappa shape index (κ3) is 0.878. The molecule has 1 radical (unpaired) electrons. The molecular formula is C15H8N. The Morgan fingerprint density at radius 2 is 1.69 bits per heavy atom. The molecule has 1 nitrogen and oxygen atoms in total. The Hall–Kier alpha value is -2.15. The summed E-state index contributed by atoms with van der Waals surface area (Å²) in [5.74, 6) is 0. The Balaban J connectivity index is 2.51. The third-order valence-electron chi connectivity index (χ3n) is 3.17. The van der Waals surface area contributed by atoms with Crippen molar-refractivity contribution in [3.05, 3.63) is 54.7 Å². The monoisotopic (exact) mass is 202 g/mol. The van der Waals surface area contributed by atoms with Crippen LogP contribution in [0.25, 0.3) is 32.4 Å². The molecule has 0 aliphatic heterocycles. The molecule has 4 aromatic rings. The molecule has 0 fully saturated rings. The molecule has 0 amide bonds. The third-order valence-corrected chi connectivity index (χ3v) is 3.17. The Labute approximate surface area is 92.7 Å². The quantitative estimate of drug-likeness (QED) is 0.395. The van der Waals surface area contributed by atoms with Gasteiger partial charge in [0.25, 0.3) is 0 Å². The highest BCUT2D eigenvalue weighted by Gasteiger charge is 2.07. The van der Waals surface area contributed by atoms with Crippen molar-refractivity contribution in [1.82, 2.24) is 4.98 Å². The summed E-state index contributed by atoms with van der Waals surface area (Å²) in [7, 11) is 0. The molecule has 0 aliphatic rings. The number of nitrogens with zero attached hydrogens (tertiary/aromatic N) is 1. The number of pyridine rings is 1. The second kappa shape index (κ2) is 2.70. The van der Waals surface area contributed by atoms with E-state index in [1.165, 1.54) is 26.9 Å². The van der Waals surface area contributed by atoms with Gasteiger partial charge >= 0.3 is 0 Å². The number of benzene rings is 3. The van der Waals surface area contributed by atoms with Gasteiger partial charge in [-0.2, -0.15) is 0 Å². The van der Waals surface area contributed by atoms with Crippen molar-refractivity contribution in [2.24, 2.45) is 0 Å². The molecule has 0 unspecified atom stereocenters. The van der Waals surface area contributed by atoms with Gasteiger partial charge in [-0.05, 0) is 39.7 Å². The first-order valence-electron chi connectivity index (χ1n) is 5.34. The SMILES string of the molecule is [c]1ccc2ccc3nccc4ccc1c2c43. The van der Waals surface area contributed by atoms with E-state index in [9.17, 15) is 0 Å². The van der Waals surface area contributed by atoms with Crippen molar-refractivity contribution in [1.29, 1.82) is 0 Å². The highest BCUT2D eigenvalue weighted by Crippen LogP contribution is 2.32. The van der Waals surface area contributed by atoms with Crippen LogP contribution in [0.2, 0.25) is 0 Å². The lowest BCUT2D eigenvalue weighted by Gasteiger charge is -2.08. The van der Waals surface area contributed by atoms with Crippen molar-refractivity contribution in [2.45, 2.75) is 0 Å². The van der Waals surface area contributed by atoms with Crippen molar-refractivity contribution in [2.75, 3.05) is 0 Å². The normalized spacial score (nSPS) is 11.8. The molecule has 0 aliphatic carbocycles. The second-order valence-electron chi connectivity index (χ2n) is 4.05. The van der Waals surface area contributed by atoms with E-state index in [1.807, 2.05) is 12.3 Å². The summed E-state index contributed by atoms with van der Waals surface area (Å²) in [5.41, 5.74) is 1.07. The van der Waals surface area contributed by atoms with Crippen LogP contribution in [0, 0.1) is 6.07 Å². The van der Waals surface area contributed by atoms with Gasteiger partial charge in [-0.15, -0.1) is 0 Å². The summed E-state index contributed by atoms with van der Waals surface area (Å²) in [4.78, 5) is 4.42. The van der Waals surface area contributed by atoms with E-state index in [2.05, 4.69) is 47.4 Å². The average Bonchev–Trinajstić information content (AvgIpc) is 2.36. The molecular weight excluding hydrogens is 194 g/mol. The molecule has 3 aromatic carbocycles. The van der Waals surface area contributed by atoms with Gasteiger partial charge in [0.1, 0.15) is 0 Å². The number of aromatic nitrogens is 1. The van der Waals surface area contributed by atoms with Gasteiger partial charge in [-0.25, -0.2) is 0 Å². The first-order valence-corrected chi connectivity index (χ1v) is 5.34. The standard InChI is InChI=1S/C15H8N/c1-2-10-4-5-12-8-9-16-13-7-6-11(3-1)14(10)15(12)13/h1,3-9H. The lowest BCUT2D eigenvalue weighted by Crippen LogP contribution is -1.85. The van der Waals surface area contributed by atoms with Gasteiger partial charge in [0.2, 0.25) is 0 Å². The highest BCUT2D eigenvalue weighted by atomic mass is 14.6. The minimum Gasteiger partial charge on any atom is -0.256 e. The van der Waals surface area contributed by atoms with Crippen LogP contribution < -0.4 is 0 Å². The van der Waals surface area contributed by atoms with Gasteiger partial charge in [0.05, 0.1) is 5.52 Å². The van der Waals surface area contributed by atoms with Crippen LogP contribution in [0.3, 0.4) is 0 Å². The van der Waals surface area contributed by atoms with E-state index < -0.39 is 0 Å². The smallest absolute Gasteiger partial charge is 0.0714 e. The minimum absolute atomic E-state index is 1.07. The van der Waals surface area contributed by atoms with E-state index >= 15 is 0 Å². The lowest BCUT2D eigenvalue weighted by molar-refractivity contribution is 1.43. The summed E-state index contributed by atoms with van der Waals surface area (Å²) in [6.07, 6.45) is 1.87. The Morgan fingerprint density at radius 1 is 0.812 bits per heavy atom. The first-order chi connectivity index (χ1) is 7.93. The summed E-state index contributed by atoms with van der Waals surface area (Å²) in [6, 6.07) is 17.9. The zero-order valence-corrected chi connectivity index (χ0v) is 8.57.